The second-order valence-electron chi connectivity index (χ2n) is 17.6. The topological polar surface area (TPSA) is 158 Å². The van der Waals surface area contributed by atoms with Gasteiger partial charge in [0.2, 0.25) is 5.78 Å². The summed E-state index contributed by atoms with van der Waals surface area (Å²) in [6.45, 7) is 22.8. The van der Waals surface area contributed by atoms with Crippen LogP contribution in [0, 0.1) is 5.92 Å². The molecular formula is C43H59NO10Si. The van der Waals surface area contributed by atoms with E-state index >= 15 is 9.59 Å². The molecule has 0 saturated carbocycles. The number of nitrogens with zero attached hydrogens (tertiary/aromatic N) is 1. The summed E-state index contributed by atoms with van der Waals surface area (Å²) in [6, 6.07) is 1.75. The highest BCUT2D eigenvalue weighted by molar-refractivity contribution is 6.74. The summed E-state index contributed by atoms with van der Waals surface area (Å²) in [7, 11) is -1.33. The molecule has 0 spiro atoms. The zero-order valence-electron chi connectivity index (χ0n) is 34.2. The fourth-order valence-electron chi connectivity index (χ4n) is 8.55. The predicted octanol–water partition coefficient (Wildman–Crippen LogP) is 8.48. The monoisotopic (exact) mass is 777 g/mol. The molecule has 55 heavy (non-hydrogen) atoms. The third kappa shape index (κ3) is 5.96. The number of carbonyl (C=O) groups is 2. The molecule has 0 saturated heterocycles. The van der Waals surface area contributed by atoms with Crippen LogP contribution in [0.25, 0.3) is 10.8 Å². The van der Waals surface area contributed by atoms with Crippen molar-refractivity contribution in [3.8, 4) is 23.1 Å². The van der Waals surface area contributed by atoms with E-state index in [0.29, 0.717) is 41.9 Å². The molecule has 3 aromatic rings. The van der Waals surface area contributed by atoms with Gasteiger partial charge in [0.05, 0.1) is 36.8 Å². The Bertz CT molecular complexity index is 2030. The van der Waals surface area contributed by atoms with Crippen LogP contribution < -0.4 is 14.2 Å². The van der Waals surface area contributed by atoms with Crippen molar-refractivity contribution in [3.05, 3.63) is 52.3 Å². The van der Waals surface area contributed by atoms with Crippen molar-refractivity contribution in [1.29, 1.82) is 0 Å². The van der Waals surface area contributed by atoms with Crippen molar-refractivity contribution in [1.82, 2.24) is 5.16 Å². The van der Waals surface area contributed by atoms with Crippen LogP contribution in [0.1, 0.15) is 136 Å². The summed E-state index contributed by atoms with van der Waals surface area (Å²) in [5.41, 5.74) is -5.29. The number of ketones is 2. The minimum Gasteiger partial charge on any atom is -0.506 e. The van der Waals surface area contributed by atoms with Crippen molar-refractivity contribution in [3.63, 3.8) is 0 Å². The summed E-state index contributed by atoms with van der Waals surface area (Å²) in [6.07, 6.45) is 4.67. The highest BCUT2D eigenvalue weighted by atomic mass is 28.4. The molecular weight excluding hydrogens is 719 g/mol. The van der Waals surface area contributed by atoms with E-state index in [9.17, 15) is 15.3 Å². The number of hydrogen-bond acceptors (Lipinski definition) is 11. The number of unbranched alkanes of at least 4 members (excludes halogenated alkanes) is 2. The summed E-state index contributed by atoms with van der Waals surface area (Å²) < 4.78 is 31.1. The summed E-state index contributed by atoms with van der Waals surface area (Å²) in [4.78, 5) is 30.9. The molecule has 3 N–H and O–H groups in total. The van der Waals surface area contributed by atoms with Crippen molar-refractivity contribution in [2.24, 2.45) is 5.92 Å². The molecule has 6 rings (SSSR count). The van der Waals surface area contributed by atoms with E-state index in [1.54, 1.807) is 13.2 Å². The molecule has 2 aromatic carbocycles. The Kier molecular flexibility index (Phi) is 10.7. The lowest BCUT2D eigenvalue weighted by molar-refractivity contribution is -0.161. The molecule has 12 heteroatoms. The average Bonchev–Trinajstić information content (AvgIpc) is 3.67. The number of allylic oxidation sites excluding steroid dienone is 1. The van der Waals surface area contributed by atoms with Gasteiger partial charge in [0.15, 0.2) is 25.3 Å². The highest BCUT2D eigenvalue weighted by Crippen LogP contribution is 2.62. The molecule has 3 aliphatic rings. The molecule has 0 radical (unpaired) electrons. The first-order chi connectivity index (χ1) is 25.8. The maximum Gasteiger partial charge on any atom is 0.260 e. The van der Waals surface area contributed by atoms with Crippen molar-refractivity contribution in [2.45, 2.75) is 141 Å². The van der Waals surface area contributed by atoms with Gasteiger partial charge in [0.25, 0.3) is 5.88 Å². The third-order valence-electron chi connectivity index (χ3n) is 13.2. The molecule has 0 bridgehead atoms. The molecule has 0 fully saturated rings. The zero-order chi connectivity index (χ0) is 40.5. The SMILES string of the molecule is C=CCCC(C)[C@]1(C)Cc2c3c(c(O)c4c(OCCCC)cc(OC)c1c24)C(=O)[C@]1(O)[C@H](O[Si](C)(C)C(C)(C)C)c2c(OCCCC)noc2C[C@]1(O)C3=O. The molecule has 5 atom stereocenters. The normalized spacial score (nSPS) is 25.1. The number of phenols is 1. The fourth-order valence-corrected chi connectivity index (χ4v) is 9.78. The van der Waals surface area contributed by atoms with E-state index < -0.39 is 59.8 Å². The zero-order valence-corrected chi connectivity index (χ0v) is 35.2. The number of benzene rings is 2. The Hall–Kier alpha value is -3.71. The number of Topliss-reactive ketones (excluding diaryl/α,β-unsaturated/α-hetero) is 2. The summed E-state index contributed by atoms with van der Waals surface area (Å²) in [5, 5.41) is 43.1. The Morgan fingerprint density at radius 3 is 2.29 bits per heavy atom. The van der Waals surface area contributed by atoms with Gasteiger partial charge in [0, 0.05) is 34.4 Å². The number of carbonyl (C=O) groups excluding carboxylic acids is 2. The average molecular weight is 778 g/mol. The Morgan fingerprint density at radius 1 is 1.04 bits per heavy atom. The largest absolute Gasteiger partial charge is 0.506 e. The van der Waals surface area contributed by atoms with Crippen LogP contribution >= 0.6 is 0 Å². The van der Waals surface area contributed by atoms with Gasteiger partial charge in [-0.15, -0.1) is 6.58 Å². The number of aromatic nitrogens is 1. The summed E-state index contributed by atoms with van der Waals surface area (Å²) in [5.74, 6) is -1.43. The van der Waals surface area contributed by atoms with E-state index in [0.717, 1.165) is 37.7 Å². The van der Waals surface area contributed by atoms with Crippen LogP contribution in [0.15, 0.2) is 23.2 Å². The lowest BCUT2D eigenvalue weighted by Gasteiger charge is -2.53. The highest BCUT2D eigenvalue weighted by Gasteiger charge is 2.73. The maximum absolute atomic E-state index is 15.5. The molecule has 3 aliphatic carbocycles. The lowest BCUT2D eigenvalue weighted by atomic mass is 9.58. The number of phenolic OH excluding ortho intramolecular Hbond substituents is 1. The van der Waals surface area contributed by atoms with Crippen LogP contribution in [0.2, 0.25) is 18.1 Å². The Labute approximate surface area is 325 Å². The van der Waals surface area contributed by atoms with Gasteiger partial charge in [-0.3, -0.25) is 9.59 Å². The van der Waals surface area contributed by atoms with Crippen LogP contribution in [-0.4, -0.2) is 71.9 Å². The van der Waals surface area contributed by atoms with Gasteiger partial charge < -0.3 is 38.5 Å². The summed E-state index contributed by atoms with van der Waals surface area (Å²) >= 11 is 0. The fraction of sp³-hybridized carbons (Fsp3) is 0.605. The first-order valence-corrected chi connectivity index (χ1v) is 22.7. The van der Waals surface area contributed by atoms with Gasteiger partial charge in [-0.25, -0.2) is 0 Å². The predicted molar refractivity (Wildman–Crippen MR) is 212 cm³/mol. The number of fused-ring (bicyclic) bond motifs is 4. The van der Waals surface area contributed by atoms with Crippen molar-refractivity contribution in [2.75, 3.05) is 20.3 Å². The minimum absolute atomic E-state index is 0.0302. The van der Waals surface area contributed by atoms with E-state index in [4.69, 9.17) is 23.2 Å². The third-order valence-corrected chi connectivity index (χ3v) is 17.6. The molecule has 1 aromatic heterocycles. The van der Waals surface area contributed by atoms with E-state index in [-0.39, 0.29) is 46.2 Å². The molecule has 11 nitrogen and oxygen atoms in total. The minimum atomic E-state index is -2.91. The van der Waals surface area contributed by atoms with Crippen molar-refractivity contribution >= 4 is 30.7 Å². The first kappa shape index (κ1) is 40.9. The first-order valence-electron chi connectivity index (χ1n) is 19.8. The van der Waals surface area contributed by atoms with E-state index in [1.165, 1.54) is 0 Å². The second kappa shape index (κ2) is 14.3. The number of aromatic hydroxyl groups is 1. The van der Waals surface area contributed by atoms with E-state index in [2.05, 4.69) is 25.6 Å². The Balaban J connectivity index is 1.67. The van der Waals surface area contributed by atoms with Gasteiger partial charge >= 0.3 is 0 Å². The van der Waals surface area contributed by atoms with Crippen molar-refractivity contribution < 1.29 is 48.1 Å². The lowest BCUT2D eigenvalue weighted by Crippen LogP contribution is -2.73. The second-order valence-corrected chi connectivity index (χ2v) is 22.3. The number of rotatable bonds is 15. The van der Waals surface area contributed by atoms with Gasteiger partial charge in [-0.1, -0.05) is 67.4 Å². The molecule has 1 unspecified atom stereocenters. The maximum atomic E-state index is 15.5. The standard InChI is InChI=1S/C43H59NO10Si/c1-12-15-18-24(4)41(8)22-25-29-31(26(51-19-16-13-2)21-27(50-9)34(29)41)35(45)33-30(25)36(46)42(48)23-28-32(39(44-53-28)52-20-17-14-3)38(43(42,49)37(33)47)54-55(10,11)40(5,6)7/h12,21,24,38,45,48-49H,1,13-20,22-23H2,2-11H3/t24?,38-,41+,42+,43+/m1/s1. The van der Waals surface area contributed by atoms with E-state index in [1.807, 2.05) is 53.8 Å². The molecule has 0 amide bonds. The Morgan fingerprint density at radius 2 is 1.69 bits per heavy atom. The number of aliphatic hydroxyl groups is 2. The van der Waals surface area contributed by atoms with Crippen LogP contribution in [0.3, 0.4) is 0 Å². The quantitative estimate of drug-likeness (QED) is 0.0772. The van der Waals surface area contributed by atoms with Gasteiger partial charge in [-0.05, 0) is 66.9 Å². The van der Waals surface area contributed by atoms with Crippen LogP contribution in [0.4, 0.5) is 0 Å². The molecule has 0 aliphatic heterocycles. The van der Waals surface area contributed by atoms with Gasteiger partial charge in [-0.2, -0.15) is 0 Å². The number of hydrogen-bond donors (Lipinski definition) is 3. The molecule has 1 heterocycles. The van der Waals surface area contributed by atoms with Gasteiger partial charge in [0.1, 0.15) is 29.1 Å². The smallest absolute Gasteiger partial charge is 0.260 e. The number of methoxy groups -OCH3 is 1. The van der Waals surface area contributed by atoms with Crippen LogP contribution in [0.5, 0.6) is 23.1 Å². The van der Waals surface area contributed by atoms with Crippen LogP contribution in [-0.2, 0) is 22.7 Å². The number of ether oxygens (including phenoxy) is 3. The molecule has 300 valence electrons.